The number of nitrogens with zero attached hydrogens (tertiary/aromatic N) is 2. The van der Waals surface area contributed by atoms with Crippen molar-refractivity contribution < 1.29 is 0 Å². The molecule has 2 nitrogen and oxygen atoms in total. The number of rotatable bonds is 2. The Hall–Kier alpha value is -1.96. The van der Waals surface area contributed by atoms with Crippen molar-refractivity contribution in [2.45, 2.75) is 25.7 Å². The minimum absolute atomic E-state index is 1.10. The monoisotopic (exact) mass is 266 g/mol. The van der Waals surface area contributed by atoms with Crippen LogP contribution in [0.15, 0.2) is 60.7 Å². The Balaban J connectivity index is 1.92. The first-order valence-corrected chi connectivity index (χ1v) is 7.60. The average Bonchev–Trinajstić information content (AvgIpc) is 2.49. The molecular formula is C18H22N2. The summed E-state index contributed by atoms with van der Waals surface area (Å²) in [5.41, 5.74) is 2.58. The van der Waals surface area contributed by atoms with Gasteiger partial charge in [0.1, 0.15) is 0 Å². The highest BCUT2D eigenvalue weighted by Gasteiger charge is 2.18. The van der Waals surface area contributed by atoms with Gasteiger partial charge in [0.25, 0.3) is 0 Å². The number of hydrogen-bond donors (Lipinski definition) is 0. The highest BCUT2D eigenvalue weighted by molar-refractivity contribution is 5.57. The molecule has 2 heteroatoms. The molecule has 0 amide bonds. The maximum atomic E-state index is 2.44. The third-order valence-corrected chi connectivity index (χ3v) is 3.89. The van der Waals surface area contributed by atoms with E-state index in [0.29, 0.717) is 0 Å². The summed E-state index contributed by atoms with van der Waals surface area (Å²) in [6.45, 7) is 2.19. The van der Waals surface area contributed by atoms with Crippen LogP contribution >= 0.6 is 0 Å². The smallest absolute Gasteiger partial charge is 0.0574 e. The fraction of sp³-hybridized carbons (Fsp3) is 0.333. The zero-order valence-corrected chi connectivity index (χ0v) is 11.9. The molecule has 0 N–H and O–H groups in total. The second-order valence-electron chi connectivity index (χ2n) is 5.33. The summed E-state index contributed by atoms with van der Waals surface area (Å²) >= 11 is 0. The van der Waals surface area contributed by atoms with Crippen molar-refractivity contribution in [1.29, 1.82) is 0 Å². The van der Waals surface area contributed by atoms with Crippen LogP contribution in [0.2, 0.25) is 0 Å². The molecule has 3 rings (SSSR count). The Morgan fingerprint density at radius 1 is 0.500 bits per heavy atom. The van der Waals surface area contributed by atoms with Gasteiger partial charge < -0.3 is 0 Å². The molecule has 0 saturated carbocycles. The second-order valence-corrected chi connectivity index (χ2v) is 5.33. The molecule has 0 unspecified atom stereocenters. The summed E-state index contributed by atoms with van der Waals surface area (Å²) in [6, 6.07) is 21.5. The van der Waals surface area contributed by atoms with Crippen LogP contribution in [0.1, 0.15) is 25.7 Å². The lowest BCUT2D eigenvalue weighted by atomic mass is 10.1. The third-order valence-electron chi connectivity index (χ3n) is 3.89. The van der Waals surface area contributed by atoms with E-state index in [-0.39, 0.29) is 0 Å². The summed E-state index contributed by atoms with van der Waals surface area (Å²) in [4.78, 5) is 0. The molecule has 1 heterocycles. The lowest BCUT2D eigenvalue weighted by Gasteiger charge is -2.40. The van der Waals surface area contributed by atoms with Crippen LogP contribution in [-0.2, 0) is 0 Å². The van der Waals surface area contributed by atoms with Crippen molar-refractivity contribution in [1.82, 2.24) is 0 Å². The van der Waals surface area contributed by atoms with E-state index in [1.54, 1.807) is 0 Å². The molecule has 0 aromatic heterocycles. The molecular weight excluding hydrogens is 244 g/mol. The standard InChI is InChI=1S/C18H22N2/c1-2-10-16-20(18-13-7-4-8-14-18)19(15-9-1)17-11-5-3-6-12-17/h3-8,11-14H,1-2,9-10,15-16H2. The van der Waals surface area contributed by atoms with Gasteiger partial charge in [0.2, 0.25) is 0 Å². The summed E-state index contributed by atoms with van der Waals surface area (Å²) in [7, 11) is 0. The van der Waals surface area contributed by atoms with Gasteiger partial charge in [0, 0.05) is 13.1 Å². The predicted octanol–water partition coefficient (Wildman–Crippen LogP) is 4.49. The number of hydrazine groups is 1. The molecule has 104 valence electrons. The molecule has 1 fully saturated rings. The number of hydrogen-bond acceptors (Lipinski definition) is 2. The van der Waals surface area contributed by atoms with Gasteiger partial charge in [-0.3, -0.25) is 10.0 Å². The van der Waals surface area contributed by atoms with Gasteiger partial charge in [-0.25, -0.2) is 0 Å². The van der Waals surface area contributed by atoms with Gasteiger partial charge in [0.15, 0.2) is 0 Å². The van der Waals surface area contributed by atoms with E-state index >= 15 is 0 Å². The van der Waals surface area contributed by atoms with Crippen molar-refractivity contribution in [3.8, 4) is 0 Å². The van der Waals surface area contributed by atoms with Crippen molar-refractivity contribution >= 4 is 11.4 Å². The fourth-order valence-electron chi connectivity index (χ4n) is 2.86. The fourth-order valence-corrected chi connectivity index (χ4v) is 2.86. The first kappa shape index (κ1) is 13.0. The van der Waals surface area contributed by atoms with Gasteiger partial charge in [-0.2, -0.15) is 0 Å². The second kappa shape index (κ2) is 6.47. The van der Waals surface area contributed by atoms with Gasteiger partial charge in [-0.1, -0.05) is 49.2 Å². The van der Waals surface area contributed by atoms with Crippen molar-refractivity contribution in [3.05, 3.63) is 60.7 Å². The molecule has 0 aliphatic carbocycles. The van der Waals surface area contributed by atoms with Gasteiger partial charge in [0.05, 0.1) is 11.4 Å². The first-order valence-electron chi connectivity index (χ1n) is 7.60. The largest absolute Gasteiger partial charge is 0.285 e. The van der Waals surface area contributed by atoms with Crippen molar-refractivity contribution in [2.75, 3.05) is 23.1 Å². The predicted molar refractivity (Wildman–Crippen MR) is 86.0 cm³/mol. The Kier molecular flexibility index (Phi) is 4.22. The Bertz CT molecular complexity index is 460. The normalized spacial score (nSPS) is 16.6. The van der Waals surface area contributed by atoms with E-state index in [1.165, 1.54) is 37.1 Å². The molecule has 0 spiro atoms. The maximum absolute atomic E-state index is 2.44. The van der Waals surface area contributed by atoms with Crippen LogP contribution in [-0.4, -0.2) is 13.1 Å². The molecule has 20 heavy (non-hydrogen) atoms. The third kappa shape index (κ3) is 2.96. The quantitative estimate of drug-likeness (QED) is 0.790. The van der Waals surface area contributed by atoms with E-state index in [4.69, 9.17) is 0 Å². The van der Waals surface area contributed by atoms with E-state index in [1.807, 2.05) is 0 Å². The Morgan fingerprint density at radius 3 is 1.30 bits per heavy atom. The van der Waals surface area contributed by atoms with Crippen LogP contribution in [0, 0.1) is 0 Å². The molecule has 0 radical (unpaired) electrons. The highest BCUT2D eigenvalue weighted by atomic mass is 15.6. The zero-order valence-electron chi connectivity index (χ0n) is 11.9. The lowest BCUT2D eigenvalue weighted by Crippen LogP contribution is -2.45. The van der Waals surface area contributed by atoms with Gasteiger partial charge in [-0.05, 0) is 37.1 Å². The van der Waals surface area contributed by atoms with Crippen LogP contribution in [0.5, 0.6) is 0 Å². The lowest BCUT2D eigenvalue weighted by molar-refractivity contribution is 0.556. The summed E-state index contributed by atoms with van der Waals surface area (Å²) in [6.07, 6.45) is 5.20. The topological polar surface area (TPSA) is 6.48 Å². The highest BCUT2D eigenvalue weighted by Crippen LogP contribution is 2.25. The molecule has 2 aromatic rings. The minimum atomic E-state index is 1.10. The molecule has 1 aliphatic heterocycles. The first-order chi connectivity index (χ1) is 9.95. The number of para-hydroxylation sites is 2. The SMILES string of the molecule is c1ccc(N2CCCCCCN2c2ccccc2)cc1. The number of benzene rings is 2. The van der Waals surface area contributed by atoms with E-state index in [0.717, 1.165) is 13.1 Å². The molecule has 2 aromatic carbocycles. The average molecular weight is 266 g/mol. The van der Waals surface area contributed by atoms with E-state index in [9.17, 15) is 0 Å². The molecule has 1 aliphatic rings. The zero-order chi connectivity index (χ0) is 13.6. The summed E-state index contributed by atoms with van der Waals surface area (Å²) in [5, 5.41) is 4.88. The minimum Gasteiger partial charge on any atom is -0.285 e. The summed E-state index contributed by atoms with van der Waals surface area (Å²) in [5.74, 6) is 0. The number of anilines is 2. The van der Waals surface area contributed by atoms with Crippen molar-refractivity contribution in [3.63, 3.8) is 0 Å². The summed E-state index contributed by atoms with van der Waals surface area (Å²) < 4.78 is 0. The van der Waals surface area contributed by atoms with Crippen LogP contribution in [0.4, 0.5) is 11.4 Å². The molecule has 1 saturated heterocycles. The van der Waals surface area contributed by atoms with Crippen LogP contribution in [0.3, 0.4) is 0 Å². The molecule has 0 bridgehead atoms. The van der Waals surface area contributed by atoms with E-state index in [2.05, 4.69) is 70.7 Å². The van der Waals surface area contributed by atoms with Crippen LogP contribution in [0.25, 0.3) is 0 Å². The van der Waals surface area contributed by atoms with Gasteiger partial charge >= 0.3 is 0 Å². The van der Waals surface area contributed by atoms with E-state index < -0.39 is 0 Å². The Morgan fingerprint density at radius 2 is 0.900 bits per heavy atom. The molecule has 0 atom stereocenters. The maximum Gasteiger partial charge on any atom is 0.0574 e. The Labute approximate surface area is 121 Å². The van der Waals surface area contributed by atoms with Crippen LogP contribution < -0.4 is 10.0 Å². The van der Waals surface area contributed by atoms with Crippen molar-refractivity contribution in [2.24, 2.45) is 0 Å². The van der Waals surface area contributed by atoms with Gasteiger partial charge in [-0.15, -0.1) is 0 Å².